The molecule has 0 heterocycles. The van der Waals surface area contributed by atoms with Gasteiger partial charge in [0.25, 0.3) is 0 Å². The highest BCUT2D eigenvalue weighted by molar-refractivity contribution is 5.25. The molecule has 0 atom stereocenters. The molecule has 0 N–H and O–H groups in total. The Hall–Kier alpha value is -0.780. The summed E-state index contributed by atoms with van der Waals surface area (Å²) >= 11 is 0. The summed E-state index contributed by atoms with van der Waals surface area (Å²) in [5.41, 5.74) is 2.95. The Morgan fingerprint density at radius 3 is 2.50 bits per heavy atom. The average molecular weight is 189 g/mol. The summed E-state index contributed by atoms with van der Waals surface area (Å²) in [6, 6.07) is 9.00. The van der Waals surface area contributed by atoms with Crippen LogP contribution in [0.4, 0.5) is 0 Å². The van der Waals surface area contributed by atoms with Crippen LogP contribution in [0.5, 0.6) is 0 Å². The van der Waals surface area contributed by atoms with Crippen molar-refractivity contribution in [3.8, 4) is 0 Å². The lowest BCUT2D eigenvalue weighted by Gasteiger charge is -2.06. The Balaban J connectivity index is 2.59. The first kappa shape index (κ1) is 11.3. The van der Waals surface area contributed by atoms with Crippen molar-refractivity contribution in [2.24, 2.45) is 0 Å². The molecule has 0 aliphatic carbocycles. The van der Waals surface area contributed by atoms with Crippen LogP contribution in [-0.4, -0.2) is 0 Å². The van der Waals surface area contributed by atoms with Crippen LogP contribution in [0.1, 0.15) is 44.7 Å². The zero-order valence-electron chi connectivity index (χ0n) is 9.64. The summed E-state index contributed by atoms with van der Waals surface area (Å²) in [5.74, 6) is 1.48. The van der Waals surface area contributed by atoms with Gasteiger partial charge in [-0.05, 0) is 36.3 Å². The van der Waals surface area contributed by atoms with E-state index in [0.717, 1.165) is 6.42 Å². The maximum absolute atomic E-state index is 2.35. The van der Waals surface area contributed by atoms with Crippen molar-refractivity contribution in [1.29, 1.82) is 0 Å². The molecule has 0 spiro atoms. The van der Waals surface area contributed by atoms with Crippen LogP contribution in [0.2, 0.25) is 0 Å². The Morgan fingerprint density at radius 1 is 1.14 bits per heavy atom. The first-order valence-corrected chi connectivity index (χ1v) is 5.59. The standard InChI is InChI=1S/C14H21/c1-4-5-7-13-8-6-9-14(11-13)10-12(2)3/h6,8-9,11H,4-5,7,10H2,1-3H3. The number of rotatable bonds is 5. The number of hydrogen-bond donors (Lipinski definition) is 0. The predicted molar refractivity (Wildman–Crippen MR) is 63.3 cm³/mol. The monoisotopic (exact) mass is 189 g/mol. The molecule has 77 valence electrons. The van der Waals surface area contributed by atoms with Crippen molar-refractivity contribution in [3.63, 3.8) is 0 Å². The van der Waals surface area contributed by atoms with Crippen molar-refractivity contribution in [2.45, 2.75) is 46.5 Å². The van der Waals surface area contributed by atoms with Crippen LogP contribution < -0.4 is 0 Å². The van der Waals surface area contributed by atoms with E-state index in [4.69, 9.17) is 0 Å². The van der Waals surface area contributed by atoms with Crippen molar-refractivity contribution in [3.05, 3.63) is 41.3 Å². The molecule has 0 aromatic heterocycles. The molecule has 0 saturated carbocycles. The zero-order valence-corrected chi connectivity index (χ0v) is 9.64. The summed E-state index contributed by atoms with van der Waals surface area (Å²) in [6.45, 7) is 6.63. The second kappa shape index (κ2) is 5.85. The van der Waals surface area contributed by atoms with E-state index in [-0.39, 0.29) is 0 Å². The largest absolute Gasteiger partial charge is 0.0654 e. The van der Waals surface area contributed by atoms with Crippen molar-refractivity contribution in [2.75, 3.05) is 0 Å². The van der Waals surface area contributed by atoms with Gasteiger partial charge in [-0.2, -0.15) is 0 Å². The number of benzene rings is 1. The lowest BCUT2D eigenvalue weighted by atomic mass is 9.99. The number of aryl methyl sites for hydroxylation is 1. The highest BCUT2D eigenvalue weighted by atomic mass is 14.0. The van der Waals surface area contributed by atoms with E-state index in [1.165, 1.54) is 36.3 Å². The number of unbranched alkanes of at least 4 members (excludes halogenated alkanes) is 1. The molecule has 0 unspecified atom stereocenters. The molecule has 0 amide bonds. The summed E-state index contributed by atoms with van der Waals surface area (Å²) < 4.78 is 0. The van der Waals surface area contributed by atoms with Gasteiger partial charge in [0, 0.05) is 0 Å². The topological polar surface area (TPSA) is 0 Å². The first-order valence-electron chi connectivity index (χ1n) is 5.59. The van der Waals surface area contributed by atoms with Crippen LogP contribution in [0, 0.1) is 5.92 Å². The van der Waals surface area contributed by atoms with Gasteiger partial charge in [-0.3, -0.25) is 0 Å². The molecular formula is C14H21. The zero-order chi connectivity index (χ0) is 10.4. The first-order chi connectivity index (χ1) is 6.72. The molecule has 0 saturated heterocycles. The molecule has 14 heavy (non-hydrogen) atoms. The molecule has 0 bridgehead atoms. The third-order valence-electron chi connectivity index (χ3n) is 2.37. The fraction of sp³-hybridized carbons (Fsp3) is 0.500. The molecule has 0 aliphatic rings. The van der Waals surface area contributed by atoms with Gasteiger partial charge in [0.1, 0.15) is 0 Å². The SMILES string of the molecule is CCCCc1cccc(C[C](C)C)c1. The van der Waals surface area contributed by atoms with Crippen LogP contribution in [0.25, 0.3) is 0 Å². The maximum Gasteiger partial charge on any atom is -0.0222 e. The normalized spacial score (nSPS) is 10.9. The summed E-state index contributed by atoms with van der Waals surface area (Å²) in [5, 5.41) is 0. The lowest BCUT2D eigenvalue weighted by Crippen LogP contribution is -1.93. The molecule has 1 aromatic rings. The van der Waals surface area contributed by atoms with Crippen LogP contribution in [-0.2, 0) is 12.8 Å². The predicted octanol–water partition coefficient (Wildman–Crippen LogP) is 4.19. The molecule has 1 rings (SSSR count). The second-order valence-electron chi connectivity index (χ2n) is 4.31. The van der Waals surface area contributed by atoms with E-state index >= 15 is 0 Å². The fourth-order valence-electron chi connectivity index (χ4n) is 1.68. The van der Waals surface area contributed by atoms with E-state index in [1.807, 2.05) is 0 Å². The Morgan fingerprint density at radius 2 is 1.86 bits per heavy atom. The maximum atomic E-state index is 2.35. The van der Waals surface area contributed by atoms with Crippen LogP contribution in [0.3, 0.4) is 0 Å². The minimum absolute atomic E-state index is 1.12. The summed E-state index contributed by atoms with van der Waals surface area (Å²) in [4.78, 5) is 0. The van der Waals surface area contributed by atoms with E-state index in [0.29, 0.717) is 0 Å². The van der Waals surface area contributed by atoms with Gasteiger partial charge in [0.05, 0.1) is 0 Å². The average Bonchev–Trinajstić information content (AvgIpc) is 2.14. The van der Waals surface area contributed by atoms with Gasteiger partial charge >= 0.3 is 0 Å². The minimum Gasteiger partial charge on any atom is -0.0654 e. The highest BCUT2D eigenvalue weighted by Crippen LogP contribution is 2.13. The van der Waals surface area contributed by atoms with Gasteiger partial charge in [-0.25, -0.2) is 0 Å². The fourth-order valence-corrected chi connectivity index (χ4v) is 1.68. The summed E-state index contributed by atoms with van der Waals surface area (Å²) in [7, 11) is 0. The quantitative estimate of drug-likeness (QED) is 0.651. The van der Waals surface area contributed by atoms with Crippen LogP contribution >= 0.6 is 0 Å². The van der Waals surface area contributed by atoms with Gasteiger partial charge in [0.2, 0.25) is 0 Å². The molecular weight excluding hydrogens is 168 g/mol. The second-order valence-corrected chi connectivity index (χ2v) is 4.31. The third-order valence-corrected chi connectivity index (χ3v) is 2.37. The van der Waals surface area contributed by atoms with E-state index < -0.39 is 0 Å². The Labute approximate surface area is 88.4 Å². The van der Waals surface area contributed by atoms with Gasteiger partial charge in [-0.1, -0.05) is 51.5 Å². The lowest BCUT2D eigenvalue weighted by molar-refractivity contribution is 0.793. The molecule has 1 aromatic carbocycles. The van der Waals surface area contributed by atoms with Gasteiger partial charge < -0.3 is 0 Å². The van der Waals surface area contributed by atoms with Gasteiger partial charge in [0.15, 0.2) is 0 Å². The smallest absolute Gasteiger partial charge is 0.0222 e. The van der Waals surface area contributed by atoms with E-state index in [1.54, 1.807) is 0 Å². The Kier molecular flexibility index (Phi) is 4.72. The Bertz CT molecular complexity index is 260. The van der Waals surface area contributed by atoms with Crippen molar-refractivity contribution < 1.29 is 0 Å². The van der Waals surface area contributed by atoms with Gasteiger partial charge in [-0.15, -0.1) is 0 Å². The van der Waals surface area contributed by atoms with E-state index in [2.05, 4.69) is 45.0 Å². The van der Waals surface area contributed by atoms with Crippen molar-refractivity contribution in [1.82, 2.24) is 0 Å². The number of hydrogen-bond acceptors (Lipinski definition) is 0. The highest BCUT2D eigenvalue weighted by Gasteiger charge is 1.99. The summed E-state index contributed by atoms with van der Waals surface area (Å²) in [6.07, 6.45) is 4.94. The third kappa shape index (κ3) is 3.95. The molecule has 0 aliphatic heterocycles. The van der Waals surface area contributed by atoms with Crippen molar-refractivity contribution >= 4 is 0 Å². The minimum atomic E-state index is 1.12. The molecule has 0 fully saturated rings. The molecule has 0 nitrogen and oxygen atoms in total. The molecule has 1 radical (unpaired) electrons. The molecule has 0 heteroatoms. The van der Waals surface area contributed by atoms with E-state index in [9.17, 15) is 0 Å². The van der Waals surface area contributed by atoms with Crippen LogP contribution in [0.15, 0.2) is 24.3 Å².